The second-order valence-electron chi connectivity index (χ2n) is 2.87. The van der Waals surface area contributed by atoms with Crippen molar-refractivity contribution in [3.05, 3.63) is 35.4 Å². The highest BCUT2D eigenvalue weighted by molar-refractivity contribution is 6.19. The molecule has 0 amide bonds. The van der Waals surface area contributed by atoms with Crippen molar-refractivity contribution in [1.82, 2.24) is 0 Å². The number of hydrogen-bond donors (Lipinski definition) is 1. The summed E-state index contributed by atoms with van der Waals surface area (Å²) < 4.78 is 36.9. The van der Waals surface area contributed by atoms with Gasteiger partial charge in [-0.3, -0.25) is 0 Å². The largest absolute Gasteiger partial charge is 0.508 e. The molecule has 0 aromatic heterocycles. The van der Waals surface area contributed by atoms with Crippen molar-refractivity contribution in [1.29, 1.82) is 0 Å². The Morgan fingerprint density at radius 1 is 1.27 bits per heavy atom. The summed E-state index contributed by atoms with van der Waals surface area (Å²) in [7, 11) is 0. The summed E-state index contributed by atoms with van der Waals surface area (Å²) in [5.74, 6) is -0.212. The minimum atomic E-state index is -4.46. The standard InChI is InChI=1S/C10H8ClF3O/c11-3-1-2-7-4-8(10(12,13)14)6-9(15)5-7/h1-2,4-6,15H,3H2. The summed E-state index contributed by atoms with van der Waals surface area (Å²) in [6.45, 7) is 0. The Balaban J connectivity index is 3.11. The van der Waals surface area contributed by atoms with Crippen molar-refractivity contribution >= 4 is 17.7 Å². The molecule has 1 rings (SSSR count). The van der Waals surface area contributed by atoms with Gasteiger partial charge in [0.25, 0.3) is 0 Å². The minimum absolute atomic E-state index is 0.205. The Morgan fingerprint density at radius 3 is 2.47 bits per heavy atom. The van der Waals surface area contributed by atoms with Gasteiger partial charge in [0, 0.05) is 5.88 Å². The first-order chi connectivity index (χ1) is 6.93. The number of allylic oxidation sites excluding steroid dienone is 1. The number of phenolic OH excluding ortho intramolecular Hbond substituents is 1. The number of aromatic hydroxyl groups is 1. The summed E-state index contributed by atoms with van der Waals surface area (Å²) >= 11 is 5.35. The third-order valence-electron chi connectivity index (χ3n) is 1.67. The van der Waals surface area contributed by atoms with E-state index in [1.165, 1.54) is 18.2 Å². The Bertz CT molecular complexity index is 371. The molecule has 0 aliphatic heterocycles. The second kappa shape index (κ2) is 4.57. The van der Waals surface area contributed by atoms with Crippen LogP contribution in [0.5, 0.6) is 5.75 Å². The highest BCUT2D eigenvalue weighted by Crippen LogP contribution is 2.32. The van der Waals surface area contributed by atoms with Crippen LogP contribution in [0.2, 0.25) is 0 Å². The molecule has 0 radical (unpaired) electrons. The molecular formula is C10H8ClF3O. The van der Waals surface area contributed by atoms with Gasteiger partial charge in [-0.15, -0.1) is 11.6 Å². The van der Waals surface area contributed by atoms with E-state index in [0.29, 0.717) is 6.07 Å². The number of hydrogen-bond acceptors (Lipinski definition) is 1. The lowest BCUT2D eigenvalue weighted by Gasteiger charge is -2.07. The average Bonchev–Trinajstić information content (AvgIpc) is 2.12. The Morgan fingerprint density at radius 2 is 1.93 bits per heavy atom. The van der Waals surface area contributed by atoms with Gasteiger partial charge in [0.2, 0.25) is 0 Å². The fourth-order valence-corrected chi connectivity index (χ4v) is 1.16. The van der Waals surface area contributed by atoms with Gasteiger partial charge in [0.05, 0.1) is 5.56 Å². The van der Waals surface area contributed by atoms with Crippen LogP contribution in [-0.2, 0) is 6.18 Å². The molecule has 1 aromatic rings. The van der Waals surface area contributed by atoms with Crippen LogP contribution in [0.3, 0.4) is 0 Å². The number of rotatable bonds is 2. The number of phenols is 1. The lowest BCUT2D eigenvalue weighted by molar-refractivity contribution is -0.137. The maximum Gasteiger partial charge on any atom is 0.416 e. The Hall–Kier alpha value is -1.16. The van der Waals surface area contributed by atoms with Gasteiger partial charge in [0.1, 0.15) is 5.75 Å². The van der Waals surface area contributed by atoms with E-state index in [9.17, 15) is 13.2 Å². The van der Waals surface area contributed by atoms with Crippen molar-refractivity contribution in [3.8, 4) is 5.75 Å². The SMILES string of the molecule is Oc1cc(C=CCCl)cc(C(F)(F)F)c1. The van der Waals surface area contributed by atoms with Crippen LogP contribution in [0.4, 0.5) is 13.2 Å². The quantitative estimate of drug-likeness (QED) is 0.777. The van der Waals surface area contributed by atoms with Gasteiger partial charge >= 0.3 is 6.18 Å². The zero-order chi connectivity index (χ0) is 11.5. The lowest BCUT2D eigenvalue weighted by atomic mass is 10.1. The van der Waals surface area contributed by atoms with E-state index in [1.54, 1.807) is 0 Å². The highest BCUT2D eigenvalue weighted by atomic mass is 35.5. The molecule has 0 unspecified atom stereocenters. The minimum Gasteiger partial charge on any atom is -0.508 e. The molecular weight excluding hydrogens is 229 g/mol. The summed E-state index contributed by atoms with van der Waals surface area (Å²) in [4.78, 5) is 0. The molecule has 0 heterocycles. The van der Waals surface area contributed by atoms with Crippen molar-refractivity contribution in [2.24, 2.45) is 0 Å². The second-order valence-corrected chi connectivity index (χ2v) is 3.18. The molecule has 0 saturated heterocycles. The Kier molecular flexibility index (Phi) is 3.63. The van der Waals surface area contributed by atoms with Gasteiger partial charge in [-0.25, -0.2) is 0 Å². The molecule has 0 saturated carbocycles. The van der Waals surface area contributed by atoms with E-state index in [-0.39, 0.29) is 11.4 Å². The molecule has 0 aliphatic carbocycles. The molecule has 0 aliphatic rings. The van der Waals surface area contributed by atoms with Crippen LogP contribution >= 0.6 is 11.6 Å². The number of benzene rings is 1. The molecule has 1 nitrogen and oxygen atoms in total. The normalized spacial score (nSPS) is 12.3. The van der Waals surface area contributed by atoms with Crippen LogP contribution in [0.15, 0.2) is 24.3 Å². The fourth-order valence-electron chi connectivity index (χ4n) is 1.08. The van der Waals surface area contributed by atoms with Gasteiger partial charge in [-0.2, -0.15) is 13.2 Å². The summed E-state index contributed by atoms with van der Waals surface area (Å²) in [6, 6.07) is 2.86. The Labute approximate surface area is 89.8 Å². The van der Waals surface area contributed by atoms with Crippen LogP contribution < -0.4 is 0 Å². The zero-order valence-corrected chi connectivity index (χ0v) is 8.31. The van der Waals surface area contributed by atoms with E-state index >= 15 is 0 Å². The maximum atomic E-state index is 12.3. The van der Waals surface area contributed by atoms with Crippen LogP contribution in [0, 0.1) is 0 Å². The lowest BCUT2D eigenvalue weighted by Crippen LogP contribution is -2.04. The molecule has 1 N–H and O–H groups in total. The summed E-state index contributed by atoms with van der Waals surface area (Å²) in [5.41, 5.74) is -0.611. The van der Waals surface area contributed by atoms with Crippen LogP contribution in [0.1, 0.15) is 11.1 Å². The molecule has 0 bridgehead atoms. The van der Waals surface area contributed by atoms with E-state index in [1.807, 2.05) is 0 Å². The highest BCUT2D eigenvalue weighted by Gasteiger charge is 2.31. The third kappa shape index (κ3) is 3.47. The number of halogens is 4. The molecule has 0 atom stereocenters. The predicted octanol–water partition coefficient (Wildman–Crippen LogP) is 3.66. The van der Waals surface area contributed by atoms with E-state index in [2.05, 4.69) is 0 Å². The average molecular weight is 237 g/mol. The molecule has 5 heteroatoms. The van der Waals surface area contributed by atoms with E-state index in [4.69, 9.17) is 16.7 Å². The van der Waals surface area contributed by atoms with Crippen molar-refractivity contribution in [2.45, 2.75) is 6.18 Å². The molecule has 0 fully saturated rings. The van der Waals surface area contributed by atoms with E-state index in [0.717, 1.165) is 6.07 Å². The summed E-state index contributed by atoms with van der Waals surface area (Å²) in [6.07, 6.45) is -1.54. The van der Waals surface area contributed by atoms with Gasteiger partial charge in [0.15, 0.2) is 0 Å². The first-order valence-electron chi connectivity index (χ1n) is 4.07. The molecule has 15 heavy (non-hydrogen) atoms. The van der Waals surface area contributed by atoms with Gasteiger partial charge < -0.3 is 5.11 Å². The number of alkyl halides is 4. The predicted molar refractivity (Wildman–Crippen MR) is 52.9 cm³/mol. The van der Waals surface area contributed by atoms with Crippen molar-refractivity contribution in [3.63, 3.8) is 0 Å². The fraction of sp³-hybridized carbons (Fsp3) is 0.200. The van der Waals surface area contributed by atoms with E-state index < -0.39 is 17.5 Å². The smallest absolute Gasteiger partial charge is 0.416 e. The molecule has 82 valence electrons. The molecule has 0 spiro atoms. The van der Waals surface area contributed by atoms with Crippen molar-refractivity contribution < 1.29 is 18.3 Å². The topological polar surface area (TPSA) is 20.2 Å². The maximum absolute atomic E-state index is 12.3. The molecule has 1 aromatic carbocycles. The monoisotopic (exact) mass is 236 g/mol. The zero-order valence-electron chi connectivity index (χ0n) is 7.55. The van der Waals surface area contributed by atoms with Gasteiger partial charge in [-0.05, 0) is 23.8 Å². The first-order valence-corrected chi connectivity index (χ1v) is 4.60. The first kappa shape index (κ1) is 11.9. The van der Waals surface area contributed by atoms with Gasteiger partial charge in [-0.1, -0.05) is 12.2 Å². The van der Waals surface area contributed by atoms with Crippen molar-refractivity contribution in [2.75, 3.05) is 5.88 Å². The summed E-state index contributed by atoms with van der Waals surface area (Å²) in [5, 5.41) is 9.09. The van der Waals surface area contributed by atoms with Crippen LogP contribution in [0.25, 0.3) is 6.08 Å². The third-order valence-corrected chi connectivity index (χ3v) is 1.84. The van der Waals surface area contributed by atoms with Crippen LogP contribution in [-0.4, -0.2) is 11.0 Å².